The molecule has 2 rings (SSSR count). The minimum absolute atomic E-state index is 0.105. The molecule has 0 saturated heterocycles. The molecule has 1 aromatic heterocycles. The fraction of sp³-hybridized carbons (Fsp3) is 0.0833. The van der Waals surface area contributed by atoms with Gasteiger partial charge in [-0.05, 0) is 40.2 Å². The molecule has 0 amide bonds. The van der Waals surface area contributed by atoms with E-state index in [2.05, 4.69) is 4.98 Å². The normalized spacial score (nSPS) is 10.3. The van der Waals surface area contributed by atoms with Crippen LogP contribution >= 0.6 is 23.2 Å². The van der Waals surface area contributed by atoms with Crippen molar-refractivity contribution in [2.45, 2.75) is 0 Å². The second-order valence-electron chi connectivity index (χ2n) is 3.61. The van der Waals surface area contributed by atoms with Gasteiger partial charge in [0.2, 0.25) is 5.75 Å². The first-order valence-electron chi connectivity index (χ1n) is 5.18. The van der Waals surface area contributed by atoms with Crippen molar-refractivity contribution in [2.24, 2.45) is 0 Å². The molecule has 0 saturated carbocycles. The summed E-state index contributed by atoms with van der Waals surface area (Å²) >= 11 is 11.7. The molecule has 0 spiro atoms. The predicted molar refractivity (Wildman–Crippen MR) is 72.9 cm³/mol. The molecule has 0 fully saturated rings. The maximum absolute atomic E-state index is 10.9. The highest BCUT2D eigenvalue weighted by atomic mass is 35.5. The Labute approximate surface area is 118 Å². The summed E-state index contributed by atoms with van der Waals surface area (Å²) in [6.07, 6.45) is 0. The number of methoxy groups -OCH3 is 1. The summed E-state index contributed by atoms with van der Waals surface area (Å²) in [7, 11) is 1.35. The van der Waals surface area contributed by atoms with Crippen LogP contribution in [0.1, 0.15) is 0 Å². The van der Waals surface area contributed by atoms with Crippen molar-refractivity contribution < 1.29 is 9.66 Å². The van der Waals surface area contributed by atoms with Gasteiger partial charge in [-0.1, -0.05) is 23.2 Å². The molecule has 2 aromatic rings. The summed E-state index contributed by atoms with van der Waals surface area (Å²) in [5.74, 6) is -0.236. The maximum atomic E-state index is 10.9. The Balaban J connectivity index is 2.53. The summed E-state index contributed by atoms with van der Waals surface area (Å²) in [5.41, 5.74) is 1.06. The average Bonchev–Trinajstić information content (AvgIpc) is 2.41. The topological polar surface area (TPSA) is 65.3 Å². The van der Waals surface area contributed by atoms with E-state index in [1.807, 2.05) is 0 Å². The molecule has 0 aliphatic rings. The van der Waals surface area contributed by atoms with Gasteiger partial charge in [0.25, 0.3) is 0 Å². The largest absolute Gasteiger partial charge is 0.489 e. The smallest absolute Gasteiger partial charge is 0.406 e. The Morgan fingerprint density at radius 2 is 1.95 bits per heavy atom. The average molecular weight is 299 g/mol. The minimum Gasteiger partial charge on any atom is -0.489 e. The lowest BCUT2D eigenvalue weighted by Crippen LogP contribution is -1.98. The first-order valence-corrected chi connectivity index (χ1v) is 5.93. The van der Waals surface area contributed by atoms with E-state index in [0.717, 1.165) is 0 Å². The van der Waals surface area contributed by atoms with Gasteiger partial charge in [-0.2, -0.15) is 0 Å². The molecule has 0 aliphatic heterocycles. The molecular weight excluding hydrogens is 291 g/mol. The number of ether oxygens (including phenoxy) is 1. The lowest BCUT2D eigenvalue weighted by molar-refractivity contribution is -0.390. The van der Waals surface area contributed by atoms with Gasteiger partial charge in [-0.25, -0.2) is 0 Å². The van der Waals surface area contributed by atoms with E-state index < -0.39 is 4.92 Å². The second-order valence-corrected chi connectivity index (χ2v) is 4.42. The van der Waals surface area contributed by atoms with E-state index in [-0.39, 0.29) is 11.6 Å². The van der Waals surface area contributed by atoms with Crippen LogP contribution in [0.5, 0.6) is 5.75 Å². The first-order chi connectivity index (χ1) is 9.02. The molecule has 1 aromatic carbocycles. The molecule has 1 heterocycles. The molecule has 0 atom stereocenters. The third-order valence-electron chi connectivity index (χ3n) is 2.45. The number of hydrogen-bond acceptors (Lipinski definition) is 4. The highest BCUT2D eigenvalue weighted by Crippen LogP contribution is 2.31. The van der Waals surface area contributed by atoms with Gasteiger partial charge in [-0.3, -0.25) is 0 Å². The first kappa shape index (κ1) is 13.6. The highest BCUT2D eigenvalue weighted by molar-refractivity contribution is 6.42. The third-order valence-corrected chi connectivity index (χ3v) is 3.19. The number of nitrogens with zero attached hydrogens (tertiary/aromatic N) is 2. The van der Waals surface area contributed by atoms with Crippen molar-refractivity contribution in [3.63, 3.8) is 0 Å². The van der Waals surface area contributed by atoms with Crippen LogP contribution in [-0.4, -0.2) is 17.0 Å². The highest BCUT2D eigenvalue weighted by Gasteiger charge is 2.19. The van der Waals surface area contributed by atoms with Gasteiger partial charge in [0.15, 0.2) is 5.69 Å². The molecule has 0 radical (unpaired) electrons. The Morgan fingerprint density at radius 3 is 2.53 bits per heavy atom. The van der Waals surface area contributed by atoms with Gasteiger partial charge in [0.1, 0.15) is 0 Å². The molecule has 7 heteroatoms. The molecule has 98 valence electrons. The number of pyridine rings is 1. The monoisotopic (exact) mass is 298 g/mol. The Hall–Kier alpha value is -1.85. The van der Waals surface area contributed by atoms with E-state index in [0.29, 0.717) is 21.3 Å². The number of rotatable bonds is 3. The Bertz CT molecular complexity index is 647. The lowest BCUT2D eigenvalue weighted by atomic mass is 10.1. The predicted octanol–water partition coefficient (Wildman–Crippen LogP) is 3.97. The van der Waals surface area contributed by atoms with Crippen LogP contribution in [0.3, 0.4) is 0 Å². The lowest BCUT2D eigenvalue weighted by Gasteiger charge is -2.03. The van der Waals surface area contributed by atoms with E-state index in [4.69, 9.17) is 27.9 Å². The van der Waals surface area contributed by atoms with Crippen LogP contribution in [0.25, 0.3) is 11.3 Å². The number of benzene rings is 1. The summed E-state index contributed by atoms with van der Waals surface area (Å²) < 4.78 is 4.89. The van der Waals surface area contributed by atoms with Gasteiger partial charge < -0.3 is 14.9 Å². The zero-order chi connectivity index (χ0) is 14.0. The second kappa shape index (κ2) is 5.42. The number of hydrogen-bond donors (Lipinski definition) is 0. The summed E-state index contributed by atoms with van der Waals surface area (Å²) in [5, 5.41) is 11.7. The molecule has 0 aliphatic carbocycles. The summed E-state index contributed by atoms with van der Waals surface area (Å²) in [6, 6.07) is 8.00. The Kier molecular flexibility index (Phi) is 3.87. The molecule has 0 bridgehead atoms. The quantitative estimate of drug-likeness (QED) is 0.635. The Morgan fingerprint density at radius 1 is 1.21 bits per heavy atom. The van der Waals surface area contributed by atoms with Crippen LogP contribution < -0.4 is 4.74 Å². The summed E-state index contributed by atoms with van der Waals surface area (Å²) in [4.78, 5) is 14.3. The van der Waals surface area contributed by atoms with Gasteiger partial charge in [0.05, 0.1) is 17.2 Å². The van der Waals surface area contributed by atoms with Crippen molar-refractivity contribution >= 4 is 29.0 Å². The number of aromatic nitrogens is 1. The number of nitro groups is 1. The summed E-state index contributed by atoms with van der Waals surface area (Å²) in [6.45, 7) is 0. The van der Waals surface area contributed by atoms with Crippen molar-refractivity contribution in [3.8, 4) is 17.0 Å². The zero-order valence-corrected chi connectivity index (χ0v) is 11.3. The van der Waals surface area contributed by atoms with E-state index in [1.165, 1.54) is 13.2 Å². The molecule has 5 nitrogen and oxygen atoms in total. The van der Waals surface area contributed by atoms with E-state index >= 15 is 0 Å². The van der Waals surface area contributed by atoms with Crippen LogP contribution in [0, 0.1) is 10.1 Å². The fourth-order valence-electron chi connectivity index (χ4n) is 1.54. The van der Waals surface area contributed by atoms with E-state index in [1.54, 1.807) is 24.3 Å². The van der Waals surface area contributed by atoms with E-state index in [9.17, 15) is 10.1 Å². The zero-order valence-electron chi connectivity index (χ0n) is 9.76. The molecule has 0 unspecified atom stereocenters. The molecule has 0 N–H and O–H groups in total. The maximum Gasteiger partial charge on any atom is 0.406 e. The van der Waals surface area contributed by atoms with Crippen molar-refractivity contribution in [1.29, 1.82) is 0 Å². The van der Waals surface area contributed by atoms with Crippen LogP contribution in [-0.2, 0) is 0 Å². The fourth-order valence-corrected chi connectivity index (χ4v) is 1.84. The van der Waals surface area contributed by atoms with Gasteiger partial charge >= 0.3 is 5.82 Å². The van der Waals surface area contributed by atoms with Crippen molar-refractivity contribution in [3.05, 3.63) is 50.5 Å². The van der Waals surface area contributed by atoms with Crippen LogP contribution in [0.2, 0.25) is 10.0 Å². The molecular formula is C12H8Cl2N2O3. The van der Waals surface area contributed by atoms with Crippen molar-refractivity contribution in [2.75, 3.05) is 7.11 Å². The minimum atomic E-state index is -0.597. The van der Waals surface area contributed by atoms with Crippen LogP contribution in [0.15, 0.2) is 30.3 Å². The van der Waals surface area contributed by atoms with Gasteiger partial charge in [0, 0.05) is 5.56 Å². The van der Waals surface area contributed by atoms with Gasteiger partial charge in [-0.15, -0.1) is 0 Å². The van der Waals surface area contributed by atoms with Crippen LogP contribution in [0.4, 0.5) is 5.82 Å². The van der Waals surface area contributed by atoms with Crippen molar-refractivity contribution in [1.82, 2.24) is 4.98 Å². The standard InChI is InChI=1S/C12H8Cl2N2O3/c1-19-11-5-4-10(15-12(11)16(17)18)7-2-3-8(13)9(14)6-7/h2-6H,1H3. The SMILES string of the molecule is COc1ccc(-c2ccc(Cl)c(Cl)c2)nc1[N+](=O)[O-]. The molecule has 19 heavy (non-hydrogen) atoms. The number of halogens is 2. The third kappa shape index (κ3) is 2.77.